The van der Waals surface area contributed by atoms with Crippen molar-refractivity contribution in [3.05, 3.63) is 52.3 Å². The van der Waals surface area contributed by atoms with Crippen molar-refractivity contribution in [2.45, 2.75) is 27.7 Å². The number of ether oxygens (including phenoxy) is 1. The maximum Gasteiger partial charge on any atom is 0.356 e. The molecule has 108 valence electrons. The predicted molar refractivity (Wildman–Crippen MR) is 80.7 cm³/mol. The second-order valence-electron chi connectivity index (χ2n) is 5.03. The second kappa shape index (κ2) is 5.84. The van der Waals surface area contributed by atoms with E-state index < -0.39 is 5.97 Å². The van der Waals surface area contributed by atoms with Crippen LogP contribution in [0.2, 0.25) is 0 Å². The Labute approximate surface area is 124 Å². The fourth-order valence-corrected chi connectivity index (χ4v) is 2.67. The zero-order valence-electron chi connectivity index (χ0n) is 12.7. The molecule has 0 unspecified atom stereocenters. The molecule has 0 aliphatic heterocycles. The lowest BCUT2D eigenvalue weighted by Crippen LogP contribution is -2.13. The van der Waals surface area contributed by atoms with E-state index in [9.17, 15) is 10.1 Å². The Morgan fingerprint density at radius 2 is 1.90 bits per heavy atom. The molecule has 1 aromatic carbocycles. The highest BCUT2D eigenvalue weighted by atomic mass is 16.5. The summed E-state index contributed by atoms with van der Waals surface area (Å²) in [6, 6.07) is 7.82. The van der Waals surface area contributed by atoms with E-state index in [0.717, 1.165) is 16.8 Å². The maximum absolute atomic E-state index is 12.2. The molecule has 0 saturated heterocycles. The van der Waals surface area contributed by atoms with Crippen LogP contribution < -0.4 is 0 Å². The van der Waals surface area contributed by atoms with E-state index in [0.29, 0.717) is 5.56 Å². The van der Waals surface area contributed by atoms with Gasteiger partial charge in [-0.25, -0.2) is 4.79 Å². The van der Waals surface area contributed by atoms with E-state index >= 15 is 0 Å². The molecule has 0 spiro atoms. The lowest BCUT2D eigenvalue weighted by atomic mass is 10.0. The Balaban J connectivity index is 2.69. The van der Waals surface area contributed by atoms with Crippen molar-refractivity contribution < 1.29 is 9.53 Å². The number of esters is 1. The fraction of sp³-hybridized carbons (Fsp3) is 0.294. The Morgan fingerprint density at radius 3 is 2.43 bits per heavy atom. The summed E-state index contributed by atoms with van der Waals surface area (Å²) in [5.41, 5.74) is 4.81. The average molecular weight is 282 g/mol. The van der Waals surface area contributed by atoms with Gasteiger partial charge in [-0.2, -0.15) is 5.26 Å². The summed E-state index contributed by atoms with van der Waals surface area (Å²) in [5, 5.41) is 9.21. The summed E-state index contributed by atoms with van der Waals surface area (Å²) in [5.74, 6) is -0.474. The molecule has 1 aromatic heterocycles. The maximum atomic E-state index is 12.2. The van der Waals surface area contributed by atoms with Crippen LogP contribution in [-0.2, 0) is 4.74 Å². The molecule has 0 bridgehead atoms. The first kappa shape index (κ1) is 14.9. The molecule has 0 N–H and O–H groups in total. The Kier molecular flexibility index (Phi) is 4.13. The lowest BCUT2D eigenvalue weighted by Gasteiger charge is -2.15. The zero-order valence-corrected chi connectivity index (χ0v) is 12.7. The Bertz CT molecular complexity index is 713. The Morgan fingerprint density at radius 1 is 1.29 bits per heavy atom. The van der Waals surface area contributed by atoms with E-state index in [-0.39, 0.29) is 12.3 Å². The third kappa shape index (κ3) is 2.68. The predicted octanol–water partition coefficient (Wildman–Crippen LogP) is 3.45. The first-order chi connectivity index (χ1) is 9.99. The van der Waals surface area contributed by atoms with Gasteiger partial charge in [-0.05, 0) is 44.9 Å². The third-order valence-electron chi connectivity index (χ3n) is 3.35. The van der Waals surface area contributed by atoms with Crippen molar-refractivity contribution in [1.82, 2.24) is 4.57 Å². The second-order valence-corrected chi connectivity index (χ2v) is 5.03. The van der Waals surface area contributed by atoms with E-state index in [1.807, 2.05) is 20.8 Å². The van der Waals surface area contributed by atoms with Gasteiger partial charge in [0.15, 0.2) is 0 Å². The molecule has 0 fully saturated rings. The molecule has 0 amide bonds. The zero-order chi connectivity index (χ0) is 15.6. The van der Waals surface area contributed by atoms with Crippen LogP contribution in [0, 0.1) is 32.1 Å². The third-order valence-corrected chi connectivity index (χ3v) is 3.35. The molecule has 2 aromatic rings. The molecule has 0 aliphatic carbocycles. The SMILES string of the molecule is CCOC(=O)c1c(C#N)ccn1-c1c(C)cc(C)cc1C. The number of benzene rings is 1. The van der Waals surface area contributed by atoms with E-state index in [4.69, 9.17) is 4.74 Å². The number of aryl methyl sites for hydroxylation is 3. The first-order valence-electron chi connectivity index (χ1n) is 6.86. The van der Waals surface area contributed by atoms with Gasteiger partial charge in [0.05, 0.1) is 17.9 Å². The van der Waals surface area contributed by atoms with Crippen LogP contribution in [0.4, 0.5) is 0 Å². The largest absolute Gasteiger partial charge is 0.461 e. The van der Waals surface area contributed by atoms with Crippen LogP contribution in [0.1, 0.15) is 39.7 Å². The summed E-state index contributed by atoms with van der Waals surface area (Å²) in [6.07, 6.45) is 1.75. The molecule has 0 saturated carbocycles. The van der Waals surface area contributed by atoms with Gasteiger partial charge in [-0.15, -0.1) is 0 Å². The number of nitriles is 1. The number of nitrogens with zero attached hydrogens (tertiary/aromatic N) is 2. The molecule has 4 nitrogen and oxygen atoms in total. The summed E-state index contributed by atoms with van der Waals surface area (Å²) < 4.78 is 6.83. The van der Waals surface area contributed by atoms with Gasteiger partial charge in [0, 0.05) is 6.20 Å². The summed E-state index contributed by atoms with van der Waals surface area (Å²) in [7, 11) is 0. The summed E-state index contributed by atoms with van der Waals surface area (Å²) in [4.78, 5) is 12.2. The number of carbonyl (C=O) groups excluding carboxylic acids is 1. The molecule has 1 heterocycles. The van der Waals surface area contributed by atoms with Gasteiger partial charge >= 0.3 is 5.97 Å². The van der Waals surface area contributed by atoms with Crippen LogP contribution in [0.5, 0.6) is 0 Å². The smallest absolute Gasteiger partial charge is 0.356 e. The van der Waals surface area contributed by atoms with Gasteiger partial charge in [-0.3, -0.25) is 0 Å². The van der Waals surface area contributed by atoms with Gasteiger partial charge in [-0.1, -0.05) is 17.7 Å². The van der Waals surface area contributed by atoms with Crippen molar-refractivity contribution in [2.24, 2.45) is 0 Å². The molecule has 0 radical (unpaired) electrons. The normalized spacial score (nSPS) is 10.2. The highest BCUT2D eigenvalue weighted by Crippen LogP contribution is 2.25. The number of aromatic nitrogens is 1. The minimum absolute atomic E-state index is 0.279. The lowest BCUT2D eigenvalue weighted by molar-refractivity contribution is 0.0516. The van der Waals surface area contributed by atoms with Gasteiger partial charge in [0.25, 0.3) is 0 Å². The number of hydrogen-bond acceptors (Lipinski definition) is 3. The molecule has 2 rings (SSSR count). The number of carbonyl (C=O) groups is 1. The quantitative estimate of drug-likeness (QED) is 0.810. The highest BCUT2D eigenvalue weighted by Gasteiger charge is 2.21. The number of hydrogen-bond donors (Lipinski definition) is 0. The van der Waals surface area contributed by atoms with Crippen LogP contribution in [-0.4, -0.2) is 17.1 Å². The average Bonchev–Trinajstić information content (AvgIpc) is 2.81. The van der Waals surface area contributed by atoms with Gasteiger partial charge < -0.3 is 9.30 Å². The van der Waals surface area contributed by atoms with Crippen molar-refractivity contribution in [2.75, 3.05) is 6.61 Å². The van der Waals surface area contributed by atoms with Gasteiger partial charge in [0.2, 0.25) is 0 Å². The van der Waals surface area contributed by atoms with Crippen LogP contribution in [0.3, 0.4) is 0 Å². The molecular weight excluding hydrogens is 264 g/mol. The van der Waals surface area contributed by atoms with Crippen molar-refractivity contribution >= 4 is 5.97 Å². The van der Waals surface area contributed by atoms with E-state index in [1.165, 1.54) is 5.56 Å². The van der Waals surface area contributed by atoms with Crippen molar-refractivity contribution in [3.63, 3.8) is 0 Å². The summed E-state index contributed by atoms with van der Waals surface area (Å²) in [6.45, 7) is 8.05. The van der Waals surface area contributed by atoms with E-state index in [2.05, 4.69) is 18.2 Å². The summed E-state index contributed by atoms with van der Waals surface area (Å²) >= 11 is 0. The fourth-order valence-electron chi connectivity index (χ4n) is 2.67. The molecule has 0 aliphatic rings. The van der Waals surface area contributed by atoms with Crippen LogP contribution in [0.25, 0.3) is 5.69 Å². The number of rotatable bonds is 3. The van der Waals surface area contributed by atoms with Crippen molar-refractivity contribution in [1.29, 1.82) is 5.26 Å². The molecular formula is C17H18N2O2. The topological polar surface area (TPSA) is 55.0 Å². The minimum Gasteiger partial charge on any atom is -0.461 e. The molecule has 4 heteroatoms. The monoisotopic (exact) mass is 282 g/mol. The molecule has 21 heavy (non-hydrogen) atoms. The van der Waals surface area contributed by atoms with Crippen LogP contribution in [0.15, 0.2) is 24.4 Å². The van der Waals surface area contributed by atoms with Crippen LogP contribution >= 0.6 is 0 Å². The van der Waals surface area contributed by atoms with Crippen molar-refractivity contribution in [3.8, 4) is 11.8 Å². The Hall–Kier alpha value is -2.54. The molecule has 0 atom stereocenters. The first-order valence-corrected chi connectivity index (χ1v) is 6.86. The highest BCUT2D eigenvalue weighted by molar-refractivity contribution is 5.91. The van der Waals surface area contributed by atoms with E-state index in [1.54, 1.807) is 23.8 Å². The standard InChI is InChI=1S/C17H18N2O2/c1-5-21-17(20)16-14(10-18)6-7-19(16)15-12(3)8-11(2)9-13(15)4/h6-9H,5H2,1-4H3. The van der Waals surface area contributed by atoms with Gasteiger partial charge in [0.1, 0.15) is 11.8 Å². The minimum atomic E-state index is -0.474.